The summed E-state index contributed by atoms with van der Waals surface area (Å²) in [6.45, 7) is 9.35. The van der Waals surface area contributed by atoms with Gasteiger partial charge in [-0.3, -0.25) is 0 Å². The summed E-state index contributed by atoms with van der Waals surface area (Å²) in [6, 6.07) is 2.34. The largest absolute Gasteiger partial charge is 0.493 e. The lowest BCUT2D eigenvalue weighted by Crippen LogP contribution is -2.37. The molecule has 0 saturated heterocycles. The maximum atomic E-state index is 5.97. The zero-order chi connectivity index (χ0) is 17.3. The normalized spacial score (nSPS) is 32.0. The van der Waals surface area contributed by atoms with E-state index in [2.05, 4.69) is 45.9 Å². The van der Waals surface area contributed by atoms with Crippen LogP contribution in [-0.2, 0) is 5.41 Å². The van der Waals surface area contributed by atoms with Crippen molar-refractivity contribution in [3.63, 3.8) is 0 Å². The summed E-state index contributed by atoms with van der Waals surface area (Å²) in [5.74, 6) is 2.35. The van der Waals surface area contributed by atoms with Crippen molar-refractivity contribution in [3.8, 4) is 11.5 Å². The second-order valence-electron chi connectivity index (χ2n) is 8.95. The van der Waals surface area contributed by atoms with Crippen LogP contribution in [0, 0.1) is 10.8 Å². The molecule has 2 fully saturated rings. The van der Waals surface area contributed by atoms with Crippen LogP contribution in [-0.4, -0.2) is 14.2 Å². The van der Waals surface area contributed by atoms with Crippen LogP contribution in [0.15, 0.2) is 12.1 Å². The van der Waals surface area contributed by atoms with Crippen LogP contribution >= 0.6 is 0 Å². The van der Waals surface area contributed by atoms with Crippen molar-refractivity contribution in [3.05, 3.63) is 28.8 Å². The standard InChI is InChI=1S/C22H30O2/c1-14(2)16-12-15-8-11-22-13-21(22,10-7-9-20(22,3)4)17(15)19(24-6)18(16)23-5/h8,11-12,14H,7,9-10,13H2,1-6H3/t21-,22-/m0/s1. The Bertz CT molecular complexity index is 728. The van der Waals surface area contributed by atoms with Crippen molar-refractivity contribution in [2.75, 3.05) is 14.2 Å². The van der Waals surface area contributed by atoms with E-state index in [0.29, 0.717) is 16.7 Å². The van der Waals surface area contributed by atoms with Gasteiger partial charge in [0.2, 0.25) is 0 Å². The zero-order valence-corrected chi connectivity index (χ0v) is 16.0. The summed E-state index contributed by atoms with van der Waals surface area (Å²) < 4.78 is 11.8. The highest BCUT2D eigenvalue weighted by Crippen LogP contribution is 2.81. The summed E-state index contributed by atoms with van der Waals surface area (Å²) in [4.78, 5) is 0. The molecule has 1 aromatic carbocycles. The fraction of sp³-hybridized carbons (Fsp3) is 0.636. The van der Waals surface area contributed by atoms with Crippen molar-refractivity contribution in [2.24, 2.45) is 10.8 Å². The molecular formula is C22H30O2. The Balaban J connectivity index is 1.99. The van der Waals surface area contributed by atoms with Crippen molar-refractivity contribution >= 4 is 6.08 Å². The third-order valence-corrected chi connectivity index (χ3v) is 7.27. The van der Waals surface area contributed by atoms with Crippen LogP contribution < -0.4 is 9.47 Å². The molecule has 0 amide bonds. The molecule has 2 saturated carbocycles. The zero-order valence-electron chi connectivity index (χ0n) is 16.0. The first-order valence-electron chi connectivity index (χ1n) is 9.32. The van der Waals surface area contributed by atoms with Crippen molar-refractivity contribution in [2.45, 2.75) is 64.7 Å². The fourth-order valence-electron chi connectivity index (χ4n) is 5.94. The number of rotatable bonds is 3. The molecule has 2 nitrogen and oxygen atoms in total. The average Bonchev–Trinajstić information content (AvgIpc) is 3.24. The van der Waals surface area contributed by atoms with Crippen LogP contribution in [0.5, 0.6) is 11.5 Å². The Morgan fingerprint density at radius 2 is 1.75 bits per heavy atom. The number of allylic oxidation sites excluding steroid dienone is 1. The smallest absolute Gasteiger partial charge is 0.165 e. The number of fused-ring (bicyclic) bond motifs is 1. The molecular weight excluding hydrogens is 296 g/mol. The molecule has 3 aliphatic carbocycles. The van der Waals surface area contributed by atoms with E-state index in [9.17, 15) is 0 Å². The van der Waals surface area contributed by atoms with Gasteiger partial charge in [0.05, 0.1) is 14.2 Å². The molecule has 130 valence electrons. The van der Waals surface area contributed by atoms with E-state index < -0.39 is 0 Å². The van der Waals surface area contributed by atoms with Crippen LogP contribution in [0.25, 0.3) is 6.08 Å². The van der Waals surface area contributed by atoms with Crippen LogP contribution in [0.2, 0.25) is 0 Å². The van der Waals surface area contributed by atoms with Gasteiger partial charge in [-0.25, -0.2) is 0 Å². The monoisotopic (exact) mass is 326 g/mol. The van der Waals surface area contributed by atoms with E-state index in [-0.39, 0.29) is 5.41 Å². The van der Waals surface area contributed by atoms with Crippen molar-refractivity contribution < 1.29 is 9.47 Å². The second-order valence-corrected chi connectivity index (χ2v) is 8.95. The first-order chi connectivity index (χ1) is 11.3. The van der Waals surface area contributed by atoms with E-state index in [1.165, 1.54) is 42.4 Å². The quantitative estimate of drug-likeness (QED) is 0.710. The molecule has 0 aromatic heterocycles. The molecule has 2 atom stereocenters. The number of hydrogen-bond acceptors (Lipinski definition) is 2. The Morgan fingerprint density at radius 3 is 2.38 bits per heavy atom. The van der Waals surface area contributed by atoms with E-state index in [1.54, 1.807) is 14.2 Å². The summed E-state index contributed by atoms with van der Waals surface area (Å²) >= 11 is 0. The van der Waals surface area contributed by atoms with E-state index in [1.807, 2.05) is 0 Å². The van der Waals surface area contributed by atoms with Crippen LogP contribution in [0.3, 0.4) is 0 Å². The van der Waals surface area contributed by atoms with E-state index >= 15 is 0 Å². The maximum Gasteiger partial charge on any atom is 0.165 e. The number of hydrogen-bond donors (Lipinski definition) is 0. The minimum atomic E-state index is 0.257. The Hall–Kier alpha value is -1.44. The maximum absolute atomic E-state index is 5.97. The average molecular weight is 326 g/mol. The van der Waals surface area contributed by atoms with Crippen LogP contribution in [0.1, 0.15) is 76.0 Å². The van der Waals surface area contributed by atoms with Crippen molar-refractivity contribution in [1.29, 1.82) is 0 Å². The molecule has 0 unspecified atom stereocenters. The lowest BCUT2D eigenvalue weighted by Gasteiger charge is -2.45. The molecule has 0 N–H and O–H groups in total. The van der Waals surface area contributed by atoms with E-state index in [0.717, 1.165) is 11.5 Å². The van der Waals surface area contributed by atoms with Gasteiger partial charge in [-0.05, 0) is 42.2 Å². The SMILES string of the molecule is COc1c(C(C)C)cc2c(c1OC)[C@@]13CCCC(C)(C)[C@]1(C=C2)C3. The third-order valence-electron chi connectivity index (χ3n) is 7.27. The molecule has 24 heavy (non-hydrogen) atoms. The van der Waals surface area contributed by atoms with Gasteiger partial charge in [-0.1, -0.05) is 46.3 Å². The van der Waals surface area contributed by atoms with Gasteiger partial charge >= 0.3 is 0 Å². The molecule has 3 aliphatic rings. The van der Waals surface area contributed by atoms with Gasteiger partial charge in [0.15, 0.2) is 11.5 Å². The molecule has 4 rings (SSSR count). The predicted octanol–water partition coefficient (Wildman–Crippen LogP) is 5.69. The van der Waals surface area contributed by atoms with Gasteiger partial charge in [0.1, 0.15) is 0 Å². The highest BCUT2D eigenvalue weighted by molar-refractivity contribution is 5.75. The topological polar surface area (TPSA) is 18.5 Å². The lowest BCUT2D eigenvalue weighted by atomic mass is 9.59. The fourth-order valence-corrected chi connectivity index (χ4v) is 5.94. The summed E-state index contributed by atoms with van der Waals surface area (Å²) in [7, 11) is 3.58. The molecule has 1 aromatic rings. The second kappa shape index (κ2) is 4.80. The van der Waals surface area contributed by atoms with Gasteiger partial charge in [0.25, 0.3) is 0 Å². The van der Waals surface area contributed by atoms with Gasteiger partial charge < -0.3 is 9.47 Å². The summed E-state index contributed by atoms with van der Waals surface area (Å²) in [5.41, 5.74) is 4.94. The van der Waals surface area contributed by atoms with Crippen molar-refractivity contribution in [1.82, 2.24) is 0 Å². The number of benzene rings is 1. The molecule has 0 aliphatic heterocycles. The highest BCUT2D eigenvalue weighted by Gasteiger charge is 2.75. The Morgan fingerprint density at radius 1 is 1.04 bits per heavy atom. The first-order valence-corrected chi connectivity index (χ1v) is 9.32. The molecule has 0 radical (unpaired) electrons. The number of ether oxygens (including phenoxy) is 2. The van der Waals surface area contributed by atoms with E-state index in [4.69, 9.17) is 9.47 Å². The summed E-state index contributed by atoms with van der Waals surface area (Å²) in [6.07, 6.45) is 10.1. The van der Waals surface area contributed by atoms with Gasteiger partial charge in [0, 0.05) is 22.0 Å². The predicted molar refractivity (Wildman–Crippen MR) is 99.0 cm³/mol. The molecule has 0 bridgehead atoms. The van der Waals surface area contributed by atoms with Gasteiger partial charge in [-0.2, -0.15) is 0 Å². The van der Waals surface area contributed by atoms with Gasteiger partial charge in [-0.15, -0.1) is 0 Å². The van der Waals surface area contributed by atoms with Crippen LogP contribution in [0.4, 0.5) is 0 Å². The minimum Gasteiger partial charge on any atom is -0.493 e. The summed E-state index contributed by atoms with van der Waals surface area (Å²) in [5, 5.41) is 0. The Kier molecular flexibility index (Phi) is 3.21. The molecule has 0 spiro atoms. The molecule has 0 heterocycles. The highest BCUT2D eigenvalue weighted by atomic mass is 16.5. The molecule has 2 heteroatoms. The minimum absolute atomic E-state index is 0.257. The third kappa shape index (κ3) is 1.67. The lowest BCUT2D eigenvalue weighted by molar-refractivity contribution is 0.140. The number of methoxy groups -OCH3 is 2. The first kappa shape index (κ1) is 16.1. The Labute approximate surface area is 146 Å².